The number of aromatic nitrogens is 4. The monoisotopic (exact) mass is 416 g/mol. The molecule has 1 fully saturated rings. The third-order valence-corrected chi connectivity index (χ3v) is 6.16. The minimum atomic E-state index is -0.152. The number of carbonyl (C=O) groups excluding carboxylic acids is 1. The molecular weight excluding hydrogens is 392 g/mol. The Balaban J connectivity index is 1.42. The predicted molar refractivity (Wildman–Crippen MR) is 118 cm³/mol. The van der Waals surface area contributed by atoms with Gasteiger partial charge in [-0.1, -0.05) is 18.2 Å². The molecule has 158 valence electrons. The minimum absolute atomic E-state index is 0.125. The summed E-state index contributed by atoms with van der Waals surface area (Å²) in [6, 6.07) is 11.3. The summed E-state index contributed by atoms with van der Waals surface area (Å²) in [6.07, 6.45) is 5.69. The Labute approximate surface area is 180 Å². The molecule has 8 heteroatoms. The van der Waals surface area contributed by atoms with Crippen LogP contribution < -0.4 is 15.4 Å². The molecule has 2 aromatic heterocycles. The van der Waals surface area contributed by atoms with Crippen LogP contribution in [0.25, 0.3) is 11.4 Å². The van der Waals surface area contributed by atoms with Gasteiger partial charge in [-0.05, 0) is 37.0 Å². The first kappa shape index (κ1) is 19.4. The van der Waals surface area contributed by atoms with E-state index in [0.717, 1.165) is 38.0 Å². The second-order valence-electron chi connectivity index (χ2n) is 8.09. The van der Waals surface area contributed by atoms with E-state index in [2.05, 4.69) is 20.9 Å². The zero-order chi connectivity index (χ0) is 21.4. The van der Waals surface area contributed by atoms with Gasteiger partial charge in [0, 0.05) is 44.6 Å². The quantitative estimate of drug-likeness (QED) is 0.650. The number of piperidine rings is 1. The molecule has 1 atom stereocenters. The summed E-state index contributed by atoms with van der Waals surface area (Å²) in [6.45, 7) is 2.04. The fourth-order valence-corrected chi connectivity index (χ4v) is 4.53. The van der Waals surface area contributed by atoms with Crippen molar-refractivity contribution in [1.82, 2.24) is 19.5 Å². The number of anilines is 2. The molecule has 2 aliphatic rings. The second-order valence-corrected chi connectivity index (χ2v) is 8.09. The molecule has 1 saturated heterocycles. The Kier molecular flexibility index (Phi) is 4.97. The Morgan fingerprint density at radius 1 is 1.13 bits per heavy atom. The number of hydrogen-bond donors (Lipinski definition) is 0. The molecule has 0 saturated carbocycles. The van der Waals surface area contributed by atoms with E-state index in [4.69, 9.17) is 4.98 Å². The van der Waals surface area contributed by atoms with Crippen LogP contribution in [-0.4, -0.2) is 45.1 Å². The highest BCUT2D eigenvalue weighted by atomic mass is 16.2. The summed E-state index contributed by atoms with van der Waals surface area (Å²) in [5.41, 5.74) is 3.22. The molecule has 0 radical (unpaired) electrons. The number of benzene rings is 1. The molecule has 1 aromatic carbocycles. The fourth-order valence-electron chi connectivity index (χ4n) is 4.53. The van der Waals surface area contributed by atoms with E-state index in [1.165, 1.54) is 18.0 Å². The van der Waals surface area contributed by atoms with E-state index in [9.17, 15) is 9.59 Å². The number of rotatable bonds is 3. The minimum Gasteiger partial charge on any atom is -0.341 e. The van der Waals surface area contributed by atoms with Crippen LogP contribution in [0.1, 0.15) is 18.4 Å². The van der Waals surface area contributed by atoms with Crippen molar-refractivity contribution < 1.29 is 4.79 Å². The van der Waals surface area contributed by atoms with Gasteiger partial charge in [-0.3, -0.25) is 14.2 Å². The summed E-state index contributed by atoms with van der Waals surface area (Å²) >= 11 is 0. The molecule has 3 aromatic rings. The van der Waals surface area contributed by atoms with E-state index in [0.29, 0.717) is 23.9 Å². The number of para-hydroxylation sites is 1. The predicted octanol–water partition coefficient (Wildman–Crippen LogP) is 2.04. The van der Waals surface area contributed by atoms with Gasteiger partial charge >= 0.3 is 0 Å². The average Bonchev–Trinajstić information content (AvgIpc) is 3.25. The fraction of sp³-hybridized carbons (Fsp3) is 0.348. The van der Waals surface area contributed by atoms with E-state index in [1.54, 1.807) is 23.9 Å². The second kappa shape index (κ2) is 7.94. The highest BCUT2D eigenvalue weighted by Crippen LogP contribution is 2.31. The van der Waals surface area contributed by atoms with Crippen molar-refractivity contribution in [3.05, 3.63) is 64.8 Å². The lowest BCUT2D eigenvalue weighted by molar-refractivity contribution is -0.122. The summed E-state index contributed by atoms with van der Waals surface area (Å²) < 4.78 is 1.54. The largest absolute Gasteiger partial charge is 0.341 e. The van der Waals surface area contributed by atoms with Crippen LogP contribution in [0.4, 0.5) is 11.6 Å². The van der Waals surface area contributed by atoms with Crippen molar-refractivity contribution in [2.24, 2.45) is 13.0 Å². The van der Waals surface area contributed by atoms with Crippen molar-refractivity contribution in [1.29, 1.82) is 0 Å². The summed E-state index contributed by atoms with van der Waals surface area (Å²) in [4.78, 5) is 42.9. The SMILES string of the molecule is Cn1c(N2CCCC(C(=O)N3CCc4ccccc43)C2)nc(-c2ccncn2)cc1=O. The van der Waals surface area contributed by atoms with Crippen molar-refractivity contribution in [3.8, 4) is 11.4 Å². The van der Waals surface area contributed by atoms with Gasteiger partial charge in [0.1, 0.15) is 6.33 Å². The highest BCUT2D eigenvalue weighted by molar-refractivity contribution is 5.97. The molecular formula is C23H24N6O2. The summed E-state index contributed by atoms with van der Waals surface area (Å²) in [7, 11) is 1.72. The first-order valence-electron chi connectivity index (χ1n) is 10.6. The average molecular weight is 416 g/mol. The van der Waals surface area contributed by atoms with Gasteiger partial charge in [-0.15, -0.1) is 0 Å². The number of nitrogens with zero attached hydrogens (tertiary/aromatic N) is 6. The van der Waals surface area contributed by atoms with Crippen LogP contribution in [0.15, 0.2) is 53.7 Å². The molecule has 5 rings (SSSR count). The number of hydrogen-bond acceptors (Lipinski definition) is 6. The Bertz CT molecular complexity index is 1180. The molecule has 0 spiro atoms. The Hall–Kier alpha value is -3.55. The standard InChI is InChI=1S/C23H24N6O2/c1-27-21(30)13-19(18-8-10-24-15-25-18)26-23(27)28-11-4-6-17(14-28)22(31)29-12-9-16-5-2-3-7-20(16)29/h2-3,5,7-8,10,13,15,17H,4,6,9,11-12,14H2,1H3. The molecule has 0 bridgehead atoms. The molecule has 8 nitrogen and oxygen atoms in total. The van der Waals surface area contributed by atoms with Gasteiger partial charge in [0.2, 0.25) is 11.9 Å². The van der Waals surface area contributed by atoms with Crippen LogP contribution in [0, 0.1) is 5.92 Å². The third-order valence-electron chi connectivity index (χ3n) is 6.16. The van der Waals surface area contributed by atoms with Gasteiger partial charge in [0.25, 0.3) is 5.56 Å². The molecule has 4 heterocycles. The lowest BCUT2D eigenvalue weighted by atomic mass is 9.96. The normalized spacial score (nSPS) is 18.2. The van der Waals surface area contributed by atoms with E-state index >= 15 is 0 Å². The highest BCUT2D eigenvalue weighted by Gasteiger charge is 2.34. The van der Waals surface area contributed by atoms with Gasteiger partial charge in [0.15, 0.2) is 0 Å². The van der Waals surface area contributed by atoms with Crippen molar-refractivity contribution in [3.63, 3.8) is 0 Å². The number of amides is 1. The molecule has 2 aliphatic heterocycles. The van der Waals surface area contributed by atoms with Crippen LogP contribution in [0.5, 0.6) is 0 Å². The summed E-state index contributed by atoms with van der Waals surface area (Å²) in [5, 5.41) is 0. The molecule has 31 heavy (non-hydrogen) atoms. The van der Waals surface area contributed by atoms with Gasteiger partial charge in [-0.25, -0.2) is 15.0 Å². The van der Waals surface area contributed by atoms with Crippen LogP contribution >= 0.6 is 0 Å². The maximum absolute atomic E-state index is 13.4. The maximum atomic E-state index is 13.4. The number of fused-ring (bicyclic) bond motifs is 1. The Morgan fingerprint density at radius 2 is 2.00 bits per heavy atom. The lowest BCUT2D eigenvalue weighted by Gasteiger charge is -2.35. The zero-order valence-corrected chi connectivity index (χ0v) is 17.4. The molecule has 1 amide bonds. The van der Waals surface area contributed by atoms with Gasteiger partial charge in [0.05, 0.1) is 17.3 Å². The van der Waals surface area contributed by atoms with Crippen LogP contribution in [0.3, 0.4) is 0 Å². The van der Waals surface area contributed by atoms with Gasteiger partial charge in [-0.2, -0.15) is 0 Å². The summed E-state index contributed by atoms with van der Waals surface area (Å²) in [5.74, 6) is 0.603. The number of carbonyl (C=O) groups is 1. The molecule has 0 aliphatic carbocycles. The first-order chi connectivity index (χ1) is 15.1. The van der Waals surface area contributed by atoms with Crippen LogP contribution in [-0.2, 0) is 18.3 Å². The van der Waals surface area contributed by atoms with E-state index in [-0.39, 0.29) is 17.4 Å². The first-order valence-corrected chi connectivity index (χ1v) is 10.6. The Morgan fingerprint density at radius 3 is 2.84 bits per heavy atom. The zero-order valence-electron chi connectivity index (χ0n) is 17.4. The van der Waals surface area contributed by atoms with E-state index in [1.807, 2.05) is 23.1 Å². The van der Waals surface area contributed by atoms with Crippen molar-refractivity contribution in [2.45, 2.75) is 19.3 Å². The smallest absolute Gasteiger partial charge is 0.255 e. The van der Waals surface area contributed by atoms with Gasteiger partial charge < -0.3 is 9.80 Å². The van der Waals surface area contributed by atoms with Crippen LogP contribution in [0.2, 0.25) is 0 Å². The third kappa shape index (κ3) is 3.58. The molecule has 1 unspecified atom stereocenters. The van der Waals surface area contributed by atoms with Crippen molar-refractivity contribution >= 4 is 17.5 Å². The molecule has 0 N–H and O–H groups in total. The topological polar surface area (TPSA) is 84.2 Å². The lowest BCUT2D eigenvalue weighted by Crippen LogP contribution is -2.46. The van der Waals surface area contributed by atoms with Crippen molar-refractivity contribution in [2.75, 3.05) is 29.4 Å². The maximum Gasteiger partial charge on any atom is 0.255 e. The van der Waals surface area contributed by atoms with E-state index < -0.39 is 0 Å².